The van der Waals surface area contributed by atoms with E-state index in [2.05, 4.69) is 16.7 Å². The molecular weight excluding hydrogens is 290 g/mol. The molecule has 0 atom stereocenters. The Kier molecular flexibility index (Phi) is 5.06. The number of amides is 1. The van der Waals surface area contributed by atoms with E-state index in [1.54, 1.807) is 12.1 Å². The Hall–Kier alpha value is -1.75. The number of likely N-dealkylation sites (tertiary alicyclic amines) is 1. The number of nitrogens with zero attached hydrogens (tertiary/aromatic N) is 3. The first kappa shape index (κ1) is 16.1. The monoisotopic (exact) mass is 317 g/mol. The number of phenols is 1. The highest BCUT2D eigenvalue weighted by molar-refractivity contribution is 5.78. The Labute approximate surface area is 138 Å². The highest BCUT2D eigenvalue weighted by atomic mass is 16.3. The van der Waals surface area contributed by atoms with Crippen LogP contribution in [0.3, 0.4) is 0 Å². The van der Waals surface area contributed by atoms with Gasteiger partial charge < -0.3 is 14.9 Å². The van der Waals surface area contributed by atoms with Gasteiger partial charge in [-0.2, -0.15) is 0 Å². The molecule has 2 aliphatic heterocycles. The predicted molar refractivity (Wildman–Crippen MR) is 91.7 cm³/mol. The van der Waals surface area contributed by atoms with Crippen molar-refractivity contribution in [3.63, 3.8) is 0 Å². The molecule has 0 spiro atoms. The van der Waals surface area contributed by atoms with Crippen LogP contribution in [-0.2, 0) is 4.79 Å². The second-order valence-electron chi connectivity index (χ2n) is 6.84. The van der Waals surface area contributed by atoms with Gasteiger partial charge in [-0.1, -0.05) is 6.92 Å². The number of anilines is 1. The van der Waals surface area contributed by atoms with Gasteiger partial charge in [0.2, 0.25) is 5.91 Å². The third kappa shape index (κ3) is 4.16. The summed E-state index contributed by atoms with van der Waals surface area (Å²) in [4.78, 5) is 19.0. The summed E-state index contributed by atoms with van der Waals surface area (Å²) in [5.41, 5.74) is 1.14. The number of hydrogen-bond acceptors (Lipinski definition) is 4. The van der Waals surface area contributed by atoms with Gasteiger partial charge in [-0.3, -0.25) is 9.69 Å². The Bertz CT molecular complexity index is 516. The molecule has 0 aliphatic carbocycles. The summed E-state index contributed by atoms with van der Waals surface area (Å²) < 4.78 is 0. The lowest BCUT2D eigenvalue weighted by Gasteiger charge is -2.37. The number of hydrogen-bond donors (Lipinski definition) is 1. The number of phenolic OH excluding ortho intramolecular Hbond substituents is 1. The number of piperazine rings is 1. The van der Waals surface area contributed by atoms with Crippen LogP contribution in [0.4, 0.5) is 5.69 Å². The minimum Gasteiger partial charge on any atom is -0.508 e. The number of carbonyl (C=O) groups is 1. The fourth-order valence-corrected chi connectivity index (χ4v) is 3.38. The van der Waals surface area contributed by atoms with Crippen molar-refractivity contribution in [2.24, 2.45) is 5.92 Å². The summed E-state index contributed by atoms with van der Waals surface area (Å²) in [6, 6.07) is 7.35. The lowest BCUT2D eigenvalue weighted by molar-refractivity contribution is -0.133. The van der Waals surface area contributed by atoms with Crippen LogP contribution in [0, 0.1) is 5.92 Å². The van der Waals surface area contributed by atoms with Crippen molar-refractivity contribution < 1.29 is 9.90 Å². The Morgan fingerprint density at radius 1 is 1.04 bits per heavy atom. The zero-order valence-corrected chi connectivity index (χ0v) is 13.9. The number of carbonyl (C=O) groups excluding carboxylic acids is 1. The maximum absolute atomic E-state index is 12.4. The van der Waals surface area contributed by atoms with Crippen LogP contribution in [0.2, 0.25) is 0 Å². The van der Waals surface area contributed by atoms with Crippen molar-refractivity contribution >= 4 is 11.6 Å². The van der Waals surface area contributed by atoms with Crippen LogP contribution in [0.25, 0.3) is 0 Å². The van der Waals surface area contributed by atoms with Gasteiger partial charge in [0, 0.05) is 45.0 Å². The van der Waals surface area contributed by atoms with Gasteiger partial charge in [0.05, 0.1) is 6.54 Å². The van der Waals surface area contributed by atoms with E-state index in [0.29, 0.717) is 12.3 Å². The topological polar surface area (TPSA) is 47.0 Å². The maximum Gasteiger partial charge on any atom is 0.236 e. The number of piperidine rings is 1. The SMILES string of the molecule is CC1CCN(C(=O)CN2CCN(c3ccc(O)cc3)CC2)CC1. The maximum atomic E-state index is 12.4. The molecule has 0 radical (unpaired) electrons. The Balaban J connectivity index is 1.45. The average molecular weight is 317 g/mol. The highest BCUT2D eigenvalue weighted by Crippen LogP contribution is 2.20. The molecule has 126 valence electrons. The molecule has 2 fully saturated rings. The van der Waals surface area contributed by atoms with Crippen LogP contribution < -0.4 is 4.90 Å². The van der Waals surface area contributed by atoms with Crippen LogP contribution in [-0.4, -0.2) is 66.6 Å². The first-order valence-electron chi connectivity index (χ1n) is 8.66. The number of aromatic hydroxyl groups is 1. The van der Waals surface area contributed by atoms with Crippen molar-refractivity contribution in [3.8, 4) is 5.75 Å². The van der Waals surface area contributed by atoms with E-state index in [4.69, 9.17) is 0 Å². The third-order valence-electron chi connectivity index (χ3n) is 5.08. The molecule has 2 saturated heterocycles. The van der Waals surface area contributed by atoms with Crippen LogP contribution in [0.5, 0.6) is 5.75 Å². The molecule has 23 heavy (non-hydrogen) atoms. The summed E-state index contributed by atoms with van der Waals surface area (Å²) >= 11 is 0. The largest absolute Gasteiger partial charge is 0.508 e. The number of benzene rings is 1. The predicted octanol–water partition coefficient (Wildman–Crippen LogP) is 1.77. The van der Waals surface area contributed by atoms with Crippen molar-refractivity contribution in [1.82, 2.24) is 9.80 Å². The minimum absolute atomic E-state index is 0.287. The second kappa shape index (κ2) is 7.21. The van der Waals surface area contributed by atoms with Crippen molar-refractivity contribution in [3.05, 3.63) is 24.3 Å². The van der Waals surface area contributed by atoms with Gasteiger partial charge in [0.15, 0.2) is 0 Å². The molecule has 0 bridgehead atoms. The zero-order chi connectivity index (χ0) is 16.2. The van der Waals surface area contributed by atoms with E-state index in [9.17, 15) is 9.90 Å². The first-order valence-corrected chi connectivity index (χ1v) is 8.66. The smallest absolute Gasteiger partial charge is 0.236 e. The fourth-order valence-electron chi connectivity index (χ4n) is 3.38. The summed E-state index contributed by atoms with van der Waals surface area (Å²) in [5, 5.41) is 9.37. The van der Waals surface area contributed by atoms with E-state index in [1.165, 1.54) is 0 Å². The molecule has 1 amide bonds. The van der Waals surface area contributed by atoms with Crippen molar-refractivity contribution in [2.75, 3.05) is 50.7 Å². The van der Waals surface area contributed by atoms with E-state index in [0.717, 1.165) is 63.7 Å². The normalized spacial score (nSPS) is 20.7. The van der Waals surface area contributed by atoms with Gasteiger partial charge in [0.1, 0.15) is 5.75 Å². The van der Waals surface area contributed by atoms with Gasteiger partial charge >= 0.3 is 0 Å². The second-order valence-corrected chi connectivity index (χ2v) is 6.84. The molecule has 3 rings (SSSR count). The van der Waals surface area contributed by atoms with E-state index >= 15 is 0 Å². The molecule has 1 aromatic rings. The summed E-state index contributed by atoms with van der Waals surface area (Å²) in [6.07, 6.45) is 2.28. The molecule has 5 nitrogen and oxygen atoms in total. The fraction of sp³-hybridized carbons (Fsp3) is 0.611. The molecular formula is C18H27N3O2. The zero-order valence-electron chi connectivity index (χ0n) is 13.9. The lowest BCUT2D eigenvalue weighted by Crippen LogP contribution is -2.51. The lowest BCUT2D eigenvalue weighted by atomic mass is 9.99. The summed E-state index contributed by atoms with van der Waals surface area (Å²) in [6.45, 7) is 8.35. The summed E-state index contributed by atoms with van der Waals surface area (Å²) in [7, 11) is 0. The van der Waals surface area contributed by atoms with Crippen LogP contribution in [0.1, 0.15) is 19.8 Å². The third-order valence-corrected chi connectivity index (χ3v) is 5.08. The van der Waals surface area contributed by atoms with Crippen LogP contribution in [0.15, 0.2) is 24.3 Å². The van der Waals surface area contributed by atoms with Gasteiger partial charge in [-0.15, -0.1) is 0 Å². The van der Waals surface area contributed by atoms with E-state index < -0.39 is 0 Å². The molecule has 0 unspecified atom stereocenters. The minimum atomic E-state index is 0.287. The van der Waals surface area contributed by atoms with Crippen LogP contribution >= 0.6 is 0 Å². The van der Waals surface area contributed by atoms with E-state index in [1.807, 2.05) is 17.0 Å². The molecule has 0 saturated carbocycles. The van der Waals surface area contributed by atoms with Crippen molar-refractivity contribution in [1.29, 1.82) is 0 Å². The molecule has 2 aliphatic rings. The Morgan fingerprint density at radius 3 is 2.26 bits per heavy atom. The molecule has 2 heterocycles. The van der Waals surface area contributed by atoms with Gasteiger partial charge in [-0.05, 0) is 43.0 Å². The number of rotatable bonds is 3. The molecule has 1 aromatic carbocycles. The standard InChI is InChI=1S/C18H27N3O2/c1-15-6-8-21(9-7-15)18(23)14-19-10-12-20(13-11-19)16-2-4-17(22)5-3-16/h2-5,15,22H,6-14H2,1H3. The van der Waals surface area contributed by atoms with Gasteiger partial charge in [-0.25, -0.2) is 0 Å². The van der Waals surface area contributed by atoms with Gasteiger partial charge in [0.25, 0.3) is 0 Å². The quantitative estimate of drug-likeness (QED) is 0.923. The highest BCUT2D eigenvalue weighted by Gasteiger charge is 2.24. The first-order chi connectivity index (χ1) is 11.1. The molecule has 1 N–H and O–H groups in total. The van der Waals surface area contributed by atoms with E-state index in [-0.39, 0.29) is 5.91 Å². The molecule has 0 aromatic heterocycles. The summed E-state index contributed by atoms with van der Waals surface area (Å²) in [5.74, 6) is 1.34. The molecule has 5 heteroatoms. The average Bonchev–Trinajstić information content (AvgIpc) is 2.57. The Morgan fingerprint density at radius 2 is 1.65 bits per heavy atom. The van der Waals surface area contributed by atoms with Crippen molar-refractivity contribution in [2.45, 2.75) is 19.8 Å².